The Morgan fingerprint density at radius 3 is 2.44 bits per heavy atom. The van der Waals surface area contributed by atoms with Crippen molar-refractivity contribution in [1.82, 2.24) is 4.57 Å². The summed E-state index contributed by atoms with van der Waals surface area (Å²) in [4.78, 5) is 11.7. The molecule has 0 aromatic carbocycles. The van der Waals surface area contributed by atoms with Crippen molar-refractivity contribution in [3.8, 4) is 0 Å². The molecule has 0 aliphatic rings. The molecule has 0 fully saturated rings. The van der Waals surface area contributed by atoms with Crippen LogP contribution in [0, 0.1) is 12.3 Å². The third-order valence-electron chi connectivity index (χ3n) is 2.30. The van der Waals surface area contributed by atoms with Crippen LogP contribution in [0.1, 0.15) is 30.0 Å². The molecule has 0 radical (unpaired) electrons. The average Bonchev–Trinajstić information content (AvgIpc) is 2.61. The largest absolute Gasteiger partial charge is 0.480 e. The first kappa shape index (κ1) is 16.5. The molecule has 0 saturated carbocycles. The fourth-order valence-electron chi connectivity index (χ4n) is 1.53. The lowest BCUT2D eigenvalue weighted by Crippen LogP contribution is -2.19. The van der Waals surface area contributed by atoms with Gasteiger partial charge in [0.2, 0.25) is 5.90 Å². The summed E-state index contributed by atoms with van der Waals surface area (Å²) in [6, 6.07) is 3.53. The van der Waals surface area contributed by atoms with Gasteiger partial charge in [-0.3, -0.25) is 5.41 Å². The molecule has 1 N–H and O–H groups in total. The van der Waals surface area contributed by atoms with E-state index in [4.69, 9.17) is 14.9 Å². The lowest BCUT2D eigenvalue weighted by molar-refractivity contribution is 0.0514. The smallest absolute Gasteiger partial charge is 0.354 e. The molecule has 102 valence electrons. The highest BCUT2D eigenvalue weighted by Gasteiger charge is 2.15. The minimum Gasteiger partial charge on any atom is -0.480 e. The summed E-state index contributed by atoms with van der Waals surface area (Å²) in [6.07, 6.45) is 0. The number of hydrogen-bond acceptors (Lipinski definition) is 4. The molecule has 1 heterocycles. The standard InChI is InChI=1S/C12H18N2O3.ClH/c1-4-16-11(13)8-14-9(3)6-7-10(14)12(15)17-5-2;/h6-7,13H,4-5,8H2,1-3H3;1H. The van der Waals surface area contributed by atoms with E-state index in [0.29, 0.717) is 18.9 Å². The molecular formula is C12H19ClN2O3. The molecule has 1 aromatic heterocycles. The van der Waals surface area contributed by atoms with Crippen LogP contribution < -0.4 is 0 Å². The maximum absolute atomic E-state index is 11.7. The Balaban J connectivity index is 0.00000289. The van der Waals surface area contributed by atoms with Crippen molar-refractivity contribution < 1.29 is 14.3 Å². The van der Waals surface area contributed by atoms with Crippen molar-refractivity contribution in [3.63, 3.8) is 0 Å². The van der Waals surface area contributed by atoms with Gasteiger partial charge >= 0.3 is 5.97 Å². The number of hydrogen-bond donors (Lipinski definition) is 1. The van der Waals surface area contributed by atoms with E-state index in [2.05, 4.69) is 0 Å². The van der Waals surface area contributed by atoms with Gasteiger partial charge in [0.1, 0.15) is 5.69 Å². The topological polar surface area (TPSA) is 64.3 Å². The van der Waals surface area contributed by atoms with E-state index in [1.807, 2.05) is 19.9 Å². The van der Waals surface area contributed by atoms with Crippen LogP contribution in [-0.2, 0) is 16.0 Å². The zero-order chi connectivity index (χ0) is 12.8. The SMILES string of the molecule is CCOC(=N)Cn1c(C)ccc1C(=O)OCC.Cl. The summed E-state index contributed by atoms with van der Waals surface area (Å²) in [5.74, 6) is -0.234. The Hall–Kier alpha value is -1.49. The quantitative estimate of drug-likeness (QED) is 0.509. The maximum Gasteiger partial charge on any atom is 0.354 e. The molecule has 0 spiro atoms. The van der Waals surface area contributed by atoms with Crippen LogP contribution in [0.25, 0.3) is 0 Å². The predicted molar refractivity (Wildman–Crippen MR) is 71.7 cm³/mol. The number of aromatic nitrogens is 1. The van der Waals surface area contributed by atoms with Crippen LogP contribution >= 0.6 is 12.4 Å². The van der Waals surface area contributed by atoms with Gasteiger partial charge in [0.25, 0.3) is 0 Å². The van der Waals surface area contributed by atoms with Gasteiger partial charge in [0.15, 0.2) is 0 Å². The summed E-state index contributed by atoms with van der Waals surface area (Å²) in [6.45, 7) is 6.51. The predicted octanol–water partition coefficient (Wildman–Crippen LogP) is 2.41. The molecule has 0 aliphatic heterocycles. The normalized spacial score (nSPS) is 9.50. The molecule has 0 bridgehead atoms. The molecule has 1 rings (SSSR count). The Bertz CT molecular complexity index is 415. The monoisotopic (exact) mass is 274 g/mol. The highest BCUT2D eigenvalue weighted by atomic mass is 35.5. The zero-order valence-corrected chi connectivity index (χ0v) is 11.7. The minimum absolute atomic E-state index is 0. The fraction of sp³-hybridized carbons (Fsp3) is 0.500. The van der Waals surface area contributed by atoms with Gasteiger partial charge < -0.3 is 14.0 Å². The second-order valence-electron chi connectivity index (χ2n) is 3.52. The van der Waals surface area contributed by atoms with Crippen molar-refractivity contribution >= 4 is 24.3 Å². The Morgan fingerprint density at radius 2 is 1.89 bits per heavy atom. The van der Waals surface area contributed by atoms with Crippen molar-refractivity contribution in [1.29, 1.82) is 5.41 Å². The second-order valence-corrected chi connectivity index (χ2v) is 3.52. The third-order valence-corrected chi connectivity index (χ3v) is 2.30. The summed E-state index contributed by atoms with van der Waals surface area (Å²) in [7, 11) is 0. The Kier molecular flexibility index (Phi) is 7.12. The van der Waals surface area contributed by atoms with Crippen molar-refractivity contribution in [3.05, 3.63) is 23.5 Å². The van der Waals surface area contributed by atoms with Crippen LogP contribution in [0.2, 0.25) is 0 Å². The van der Waals surface area contributed by atoms with E-state index in [1.165, 1.54) is 0 Å². The lowest BCUT2D eigenvalue weighted by Gasteiger charge is -2.11. The number of aryl methyl sites for hydroxylation is 1. The molecule has 0 amide bonds. The van der Waals surface area contributed by atoms with Gasteiger partial charge in [-0.25, -0.2) is 4.79 Å². The summed E-state index contributed by atoms with van der Waals surface area (Å²) in [5.41, 5.74) is 1.35. The van der Waals surface area contributed by atoms with Gasteiger partial charge in [-0.2, -0.15) is 0 Å². The molecule has 1 aromatic rings. The molecular weight excluding hydrogens is 256 g/mol. The maximum atomic E-state index is 11.7. The van der Waals surface area contributed by atoms with Gasteiger partial charge in [-0.1, -0.05) is 0 Å². The van der Waals surface area contributed by atoms with Crippen LogP contribution in [0.15, 0.2) is 12.1 Å². The van der Waals surface area contributed by atoms with Gasteiger partial charge in [0.05, 0.1) is 19.8 Å². The molecule has 0 saturated heterocycles. The number of carbonyl (C=O) groups excluding carboxylic acids is 1. The highest BCUT2D eigenvalue weighted by Crippen LogP contribution is 2.10. The molecule has 5 nitrogen and oxygen atoms in total. The van der Waals surface area contributed by atoms with Crippen LogP contribution in [0.5, 0.6) is 0 Å². The van der Waals surface area contributed by atoms with E-state index in [1.54, 1.807) is 17.6 Å². The summed E-state index contributed by atoms with van der Waals surface area (Å²) < 4.78 is 11.7. The first-order valence-corrected chi connectivity index (χ1v) is 5.63. The molecule has 18 heavy (non-hydrogen) atoms. The van der Waals surface area contributed by atoms with Crippen molar-refractivity contribution in [2.24, 2.45) is 0 Å². The average molecular weight is 275 g/mol. The fourth-order valence-corrected chi connectivity index (χ4v) is 1.53. The first-order chi connectivity index (χ1) is 8.10. The van der Waals surface area contributed by atoms with Gasteiger partial charge in [0, 0.05) is 5.69 Å². The van der Waals surface area contributed by atoms with Crippen LogP contribution in [-0.4, -0.2) is 29.6 Å². The number of esters is 1. The van der Waals surface area contributed by atoms with Crippen molar-refractivity contribution in [2.45, 2.75) is 27.3 Å². The minimum atomic E-state index is -0.370. The molecule has 0 aliphatic carbocycles. The van der Waals surface area contributed by atoms with E-state index < -0.39 is 0 Å². The van der Waals surface area contributed by atoms with Gasteiger partial charge in [-0.15, -0.1) is 12.4 Å². The zero-order valence-electron chi connectivity index (χ0n) is 10.9. The summed E-state index contributed by atoms with van der Waals surface area (Å²) >= 11 is 0. The van der Waals surface area contributed by atoms with E-state index in [-0.39, 0.29) is 30.8 Å². The number of halogens is 1. The van der Waals surface area contributed by atoms with Crippen LogP contribution in [0.4, 0.5) is 0 Å². The Labute approximate surface area is 113 Å². The number of ether oxygens (including phenoxy) is 2. The van der Waals surface area contributed by atoms with Crippen LogP contribution in [0.3, 0.4) is 0 Å². The molecule has 6 heteroatoms. The van der Waals surface area contributed by atoms with E-state index in [9.17, 15) is 4.79 Å². The second kappa shape index (κ2) is 7.76. The number of nitrogens with one attached hydrogen (secondary N) is 1. The summed E-state index contributed by atoms with van der Waals surface area (Å²) in [5, 5.41) is 7.61. The lowest BCUT2D eigenvalue weighted by atomic mass is 10.4. The van der Waals surface area contributed by atoms with E-state index >= 15 is 0 Å². The van der Waals surface area contributed by atoms with E-state index in [0.717, 1.165) is 5.69 Å². The Morgan fingerprint density at radius 1 is 1.28 bits per heavy atom. The molecule has 0 unspecified atom stereocenters. The molecule has 0 atom stereocenters. The third kappa shape index (κ3) is 4.07. The number of nitrogens with zero attached hydrogens (tertiary/aromatic N) is 1. The first-order valence-electron chi connectivity index (χ1n) is 5.63. The highest BCUT2D eigenvalue weighted by molar-refractivity contribution is 5.88. The number of rotatable bonds is 5. The number of carbonyl (C=O) groups is 1. The van der Waals surface area contributed by atoms with Gasteiger partial charge in [-0.05, 0) is 32.9 Å². The van der Waals surface area contributed by atoms with Crippen molar-refractivity contribution in [2.75, 3.05) is 13.2 Å².